The molecule has 0 fully saturated rings. The van der Waals surface area contributed by atoms with Gasteiger partial charge < -0.3 is 14.8 Å². The van der Waals surface area contributed by atoms with E-state index in [0.717, 1.165) is 0 Å². The smallest absolute Gasteiger partial charge is 0.240 e. The minimum atomic E-state index is -4.00. The number of ether oxygens (including phenoxy) is 2. The molecule has 0 unspecified atom stereocenters. The monoisotopic (exact) mass is 300 g/mol. The highest BCUT2D eigenvalue weighted by atomic mass is 32.2. The summed E-state index contributed by atoms with van der Waals surface area (Å²) in [5.74, 6) is 0.311. The van der Waals surface area contributed by atoms with E-state index in [1.165, 1.54) is 12.1 Å². The van der Waals surface area contributed by atoms with Crippen molar-refractivity contribution in [1.29, 1.82) is 0 Å². The van der Waals surface area contributed by atoms with Crippen LogP contribution >= 0.6 is 0 Å². The van der Waals surface area contributed by atoms with Gasteiger partial charge in [0, 0.05) is 17.5 Å². The molecule has 1 heterocycles. The zero-order valence-corrected chi connectivity index (χ0v) is 12.2. The van der Waals surface area contributed by atoms with Crippen LogP contribution in [0.4, 0.5) is 5.69 Å². The number of primary sulfonamides is 1. The molecule has 0 bridgehead atoms. The van der Waals surface area contributed by atoms with Crippen LogP contribution in [0.3, 0.4) is 0 Å². The number of carbonyl (C=O) groups excluding carboxylic acids is 1. The fraction of sp³-hybridized carbons (Fsp3) is 0.417. The molecule has 0 atom stereocenters. The number of rotatable bonds is 2. The Labute approximate surface area is 117 Å². The van der Waals surface area contributed by atoms with Gasteiger partial charge in [0.15, 0.2) is 11.5 Å². The van der Waals surface area contributed by atoms with Crippen LogP contribution in [0.2, 0.25) is 0 Å². The standard InChI is InChI=1S/C12H16N2O5S/c1-12(2,3)11(15)14-7-4-8-9(19-6-18-8)5-10(7)20(13,16)17/h4-5H,6H2,1-3H3,(H,14,15)(H2,13,16,17). The minimum absolute atomic E-state index is 0.00391. The van der Waals surface area contributed by atoms with E-state index < -0.39 is 15.4 Å². The number of hydrogen-bond acceptors (Lipinski definition) is 5. The number of nitrogens with one attached hydrogen (secondary N) is 1. The first-order chi connectivity index (χ1) is 9.09. The molecule has 0 saturated heterocycles. The van der Waals surface area contributed by atoms with Gasteiger partial charge in [-0.25, -0.2) is 13.6 Å². The molecule has 1 aromatic carbocycles. The van der Waals surface area contributed by atoms with Gasteiger partial charge in [-0.2, -0.15) is 0 Å². The molecule has 8 heteroatoms. The molecule has 1 aliphatic rings. The molecule has 0 aromatic heterocycles. The Morgan fingerprint density at radius 1 is 1.25 bits per heavy atom. The van der Waals surface area contributed by atoms with Crippen LogP contribution in [0.5, 0.6) is 11.5 Å². The predicted octanol–water partition coefficient (Wildman–Crippen LogP) is 1.05. The molecule has 1 aliphatic heterocycles. The van der Waals surface area contributed by atoms with Crippen molar-refractivity contribution in [1.82, 2.24) is 0 Å². The molecule has 3 N–H and O–H groups in total. The van der Waals surface area contributed by atoms with Crippen molar-refractivity contribution in [2.24, 2.45) is 10.6 Å². The van der Waals surface area contributed by atoms with Gasteiger partial charge in [0.25, 0.3) is 0 Å². The molecule has 0 aliphatic carbocycles. The van der Waals surface area contributed by atoms with E-state index in [0.29, 0.717) is 5.75 Å². The molecule has 1 amide bonds. The first-order valence-electron chi connectivity index (χ1n) is 5.87. The van der Waals surface area contributed by atoms with E-state index in [1.54, 1.807) is 20.8 Å². The third-order valence-corrected chi connectivity index (χ3v) is 3.66. The number of amides is 1. The SMILES string of the molecule is CC(C)(C)C(=O)Nc1cc2c(cc1S(N)(=O)=O)OCO2. The van der Waals surface area contributed by atoms with Gasteiger partial charge in [-0.3, -0.25) is 4.79 Å². The van der Waals surface area contributed by atoms with Crippen molar-refractivity contribution in [3.05, 3.63) is 12.1 Å². The van der Waals surface area contributed by atoms with Crippen molar-refractivity contribution < 1.29 is 22.7 Å². The van der Waals surface area contributed by atoms with Crippen LogP contribution in [0.25, 0.3) is 0 Å². The predicted molar refractivity (Wildman–Crippen MR) is 72.0 cm³/mol. The Morgan fingerprint density at radius 3 is 2.30 bits per heavy atom. The lowest BCUT2D eigenvalue weighted by Crippen LogP contribution is -2.28. The summed E-state index contributed by atoms with van der Waals surface area (Å²) in [6.45, 7) is 5.14. The van der Waals surface area contributed by atoms with Gasteiger partial charge in [-0.1, -0.05) is 20.8 Å². The molecule has 110 valence electrons. The molecule has 0 radical (unpaired) electrons. The normalized spacial score (nSPS) is 14.2. The average molecular weight is 300 g/mol. The number of anilines is 1. The Hall–Kier alpha value is -1.80. The van der Waals surface area contributed by atoms with Gasteiger partial charge in [0.1, 0.15) is 4.90 Å². The Bertz CT molecular complexity index is 661. The number of nitrogens with two attached hydrogens (primary N) is 1. The Morgan fingerprint density at radius 2 is 1.80 bits per heavy atom. The summed E-state index contributed by atoms with van der Waals surface area (Å²) in [5, 5.41) is 7.71. The van der Waals surface area contributed by atoms with Crippen molar-refractivity contribution in [3.8, 4) is 11.5 Å². The highest BCUT2D eigenvalue weighted by Gasteiger charge is 2.27. The number of fused-ring (bicyclic) bond motifs is 1. The quantitative estimate of drug-likeness (QED) is 0.848. The Kier molecular flexibility index (Phi) is 3.39. The second kappa shape index (κ2) is 4.64. The van der Waals surface area contributed by atoms with Crippen LogP contribution < -0.4 is 19.9 Å². The third-order valence-electron chi connectivity index (χ3n) is 2.71. The van der Waals surface area contributed by atoms with Crippen molar-refractivity contribution in [2.75, 3.05) is 12.1 Å². The molecular weight excluding hydrogens is 284 g/mol. The maximum absolute atomic E-state index is 12.0. The summed E-state index contributed by atoms with van der Waals surface area (Å²) in [6.07, 6.45) is 0. The van der Waals surface area contributed by atoms with E-state index in [-0.39, 0.29) is 29.0 Å². The second-order valence-corrected chi connectivity index (χ2v) is 6.98. The van der Waals surface area contributed by atoms with Crippen LogP contribution in [0.15, 0.2) is 17.0 Å². The van der Waals surface area contributed by atoms with Gasteiger partial charge in [0.05, 0.1) is 5.69 Å². The molecule has 0 spiro atoms. The summed E-state index contributed by atoms with van der Waals surface area (Å²) < 4.78 is 33.5. The molecule has 1 aromatic rings. The highest BCUT2D eigenvalue weighted by molar-refractivity contribution is 7.89. The Balaban J connectivity index is 2.49. The van der Waals surface area contributed by atoms with Crippen LogP contribution in [0.1, 0.15) is 20.8 Å². The fourth-order valence-electron chi connectivity index (χ4n) is 1.57. The summed E-state index contributed by atoms with van der Waals surface area (Å²) >= 11 is 0. The zero-order chi connectivity index (χ0) is 15.1. The van der Waals surface area contributed by atoms with E-state index in [9.17, 15) is 13.2 Å². The van der Waals surface area contributed by atoms with E-state index >= 15 is 0 Å². The number of carbonyl (C=O) groups is 1. The largest absolute Gasteiger partial charge is 0.454 e. The topological polar surface area (TPSA) is 108 Å². The molecule has 0 saturated carbocycles. The van der Waals surface area contributed by atoms with Gasteiger partial charge >= 0.3 is 0 Å². The third kappa shape index (κ3) is 2.86. The lowest BCUT2D eigenvalue weighted by atomic mass is 9.95. The lowest BCUT2D eigenvalue weighted by Gasteiger charge is -2.19. The molecule has 2 rings (SSSR count). The van der Waals surface area contributed by atoms with Gasteiger partial charge in [-0.05, 0) is 0 Å². The minimum Gasteiger partial charge on any atom is -0.454 e. The average Bonchev–Trinajstić information content (AvgIpc) is 2.72. The lowest BCUT2D eigenvalue weighted by molar-refractivity contribution is -0.123. The number of hydrogen-bond donors (Lipinski definition) is 2. The van der Waals surface area contributed by atoms with Crippen LogP contribution in [-0.2, 0) is 14.8 Å². The summed E-state index contributed by atoms with van der Waals surface area (Å²) in [7, 11) is -4.00. The second-order valence-electron chi connectivity index (χ2n) is 5.45. The number of benzene rings is 1. The van der Waals surface area contributed by atoms with Gasteiger partial charge in [-0.15, -0.1) is 0 Å². The summed E-state index contributed by atoms with van der Waals surface area (Å²) in [6, 6.07) is 2.64. The van der Waals surface area contributed by atoms with Crippen molar-refractivity contribution >= 4 is 21.6 Å². The maximum atomic E-state index is 12.0. The van der Waals surface area contributed by atoms with Crippen molar-refractivity contribution in [3.63, 3.8) is 0 Å². The zero-order valence-electron chi connectivity index (χ0n) is 11.4. The molecule has 20 heavy (non-hydrogen) atoms. The fourth-order valence-corrected chi connectivity index (χ4v) is 2.25. The summed E-state index contributed by atoms with van der Waals surface area (Å²) in [4.78, 5) is 11.8. The number of sulfonamides is 1. The summed E-state index contributed by atoms with van der Waals surface area (Å²) in [5.41, 5.74) is -0.594. The van der Waals surface area contributed by atoms with E-state index in [1.807, 2.05) is 0 Å². The van der Waals surface area contributed by atoms with Gasteiger partial charge in [0.2, 0.25) is 22.7 Å². The first-order valence-corrected chi connectivity index (χ1v) is 7.41. The first kappa shape index (κ1) is 14.6. The van der Waals surface area contributed by atoms with Crippen LogP contribution in [-0.4, -0.2) is 21.1 Å². The molecular formula is C12H16N2O5S. The maximum Gasteiger partial charge on any atom is 0.240 e. The molecule has 7 nitrogen and oxygen atoms in total. The van der Waals surface area contributed by atoms with Crippen molar-refractivity contribution in [2.45, 2.75) is 25.7 Å². The van der Waals surface area contributed by atoms with E-state index in [2.05, 4.69) is 5.32 Å². The highest BCUT2D eigenvalue weighted by Crippen LogP contribution is 2.38. The van der Waals surface area contributed by atoms with Crippen LogP contribution in [0, 0.1) is 5.41 Å². The van der Waals surface area contributed by atoms with E-state index in [4.69, 9.17) is 14.6 Å².